The van der Waals surface area contributed by atoms with Gasteiger partial charge in [0.25, 0.3) is 0 Å². The minimum atomic E-state index is -0.796. The second-order valence-corrected chi connectivity index (χ2v) is 18.5. The minimum Gasteiger partial charge on any atom is -0.462 e. The highest BCUT2D eigenvalue weighted by molar-refractivity contribution is 5.71. The molecule has 6 nitrogen and oxygen atoms in total. The van der Waals surface area contributed by atoms with Gasteiger partial charge >= 0.3 is 17.9 Å². The Balaban J connectivity index is 4.41. The van der Waals surface area contributed by atoms with Gasteiger partial charge in [-0.25, -0.2) is 0 Å². The van der Waals surface area contributed by atoms with Crippen LogP contribution in [-0.2, 0) is 28.6 Å². The van der Waals surface area contributed by atoms with Crippen molar-refractivity contribution >= 4 is 17.9 Å². The normalized spacial score (nSPS) is 12.7. The smallest absolute Gasteiger partial charge is 0.306 e. The molecule has 1 atom stereocenters. The fourth-order valence-electron chi connectivity index (χ4n) is 7.54. The zero-order chi connectivity index (χ0) is 48.6. The van der Waals surface area contributed by atoms with E-state index in [1.807, 2.05) is 0 Å². The lowest BCUT2D eigenvalue weighted by molar-refractivity contribution is -0.167. The molecule has 67 heavy (non-hydrogen) atoms. The van der Waals surface area contributed by atoms with Crippen molar-refractivity contribution in [1.82, 2.24) is 0 Å². The van der Waals surface area contributed by atoms with Crippen LogP contribution >= 0.6 is 0 Å². The maximum Gasteiger partial charge on any atom is 0.306 e. The van der Waals surface area contributed by atoms with Crippen LogP contribution in [0.15, 0.2) is 85.1 Å². The molecule has 0 spiro atoms. The van der Waals surface area contributed by atoms with Gasteiger partial charge < -0.3 is 14.2 Å². The average Bonchev–Trinajstić information content (AvgIpc) is 3.33. The molecule has 0 aromatic carbocycles. The van der Waals surface area contributed by atoms with E-state index >= 15 is 0 Å². The van der Waals surface area contributed by atoms with Crippen LogP contribution in [0.1, 0.15) is 265 Å². The first-order valence-electron chi connectivity index (χ1n) is 28.1. The minimum absolute atomic E-state index is 0.0941. The topological polar surface area (TPSA) is 78.9 Å². The van der Waals surface area contributed by atoms with E-state index < -0.39 is 6.10 Å². The molecule has 0 radical (unpaired) electrons. The highest BCUT2D eigenvalue weighted by Crippen LogP contribution is 2.14. The van der Waals surface area contributed by atoms with E-state index in [0.717, 1.165) is 128 Å². The lowest BCUT2D eigenvalue weighted by Crippen LogP contribution is -2.30. The molecule has 0 saturated heterocycles. The Labute approximate surface area is 414 Å². The Morgan fingerprint density at radius 3 is 0.881 bits per heavy atom. The summed E-state index contributed by atoms with van der Waals surface area (Å²) in [5.41, 5.74) is 0. The van der Waals surface area contributed by atoms with Gasteiger partial charge in [-0.15, -0.1) is 0 Å². The van der Waals surface area contributed by atoms with Gasteiger partial charge in [0, 0.05) is 19.3 Å². The van der Waals surface area contributed by atoms with Crippen LogP contribution in [-0.4, -0.2) is 37.2 Å². The molecule has 0 saturated carbocycles. The predicted molar refractivity (Wildman–Crippen MR) is 288 cm³/mol. The van der Waals surface area contributed by atoms with Crippen molar-refractivity contribution in [2.24, 2.45) is 0 Å². The number of unbranched alkanes of at least 4 members (excludes halogenated alkanes) is 25. The molecule has 0 amide bonds. The van der Waals surface area contributed by atoms with Gasteiger partial charge in [-0.05, 0) is 109 Å². The van der Waals surface area contributed by atoms with E-state index in [1.165, 1.54) is 96.3 Å². The maximum absolute atomic E-state index is 12.8. The predicted octanol–water partition coefficient (Wildman–Crippen LogP) is 18.8. The molecule has 0 heterocycles. The number of carbonyl (C=O) groups excluding carboxylic acids is 3. The van der Waals surface area contributed by atoms with E-state index in [1.54, 1.807) is 0 Å². The van der Waals surface area contributed by atoms with Gasteiger partial charge in [0.2, 0.25) is 0 Å². The fraction of sp³-hybridized carbons (Fsp3) is 0.721. The lowest BCUT2D eigenvalue weighted by atomic mass is 10.1. The Kier molecular flexibility index (Phi) is 52.4. The zero-order valence-electron chi connectivity index (χ0n) is 43.9. The molecule has 6 heteroatoms. The van der Waals surface area contributed by atoms with Crippen LogP contribution in [0.5, 0.6) is 0 Å². The fourth-order valence-corrected chi connectivity index (χ4v) is 7.54. The lowest BCUT2D eigenvalue weighted by Gasteiger charge is -2.18. The van der Waals surface area contributed by atoms with Gasteiger partial charge in [-0.1, -0.05) is 221 Å². The van der Waals surface area contributed by atoms with Crippen molar-refractivity contribution in [2.45, 2.75) is 271 Å². The van der Waals surface area contributed by atoms with E-state index in [9.17, 15) is 14.4 Å². The number of ether oxygens (including phenoxy) is 3. The Morgan fingerprint density at radius 1 is 0.299 bits per heavy atom. The van der Waals surface area contributed by atoms with E-state index in [2.05, 4.69) is 106 Å². The van der Waals surface area contributed by atoms with E-state index in [-0.39, 0.29) is 31.1 Å². The van der Waals surface area contributed by atoms with Crippen molar-refractivity contribution in [2.75, 3.05) is 13.2 Å². The number of esters is 3. The highest BCUT2D eigenvalue weighted by atomic mass is 16.6. The van der Waals surface area contributed by atoms with Gasteiger partial charge in [0.15, 0.2) is 6.10 Å². The summed E-state index contributed by atoms with van der Waals surface area (Å²) in [6.07, 6.45) is 71.3. The van der Waals surface area contributed by atoms with Gasteiger partial charge in [-0.2, -0.15) is 0 Å². The molecular formula is C61H104O6. The summed E-state index contributed by atoms with van der Waals surface area (Å²) in [6, 6.07) is 0. The molecule has 384 valence electrons. The molecular weight excluding hydrogens is 829 g/mol. The molecule has 0 N–H and O–H groups in total. The molecule has 0 aliphatic heterocycles. The third kappa shape index (κ3) is 53.4. The van der Waals surface area contributed by atoms with E-state index in [4.69, 9.17) is 14.2 Å². The molecule has 0 aliphatic carbocycles. The zero-order valence-corrected chi connectivity index (χ0v) is 43.9. The van der Waals surface area contributed by atoms with E-state index in [0.29, 0.717) is 19.3 Å². The van der Waals surface area contributed by atoms with Gasteiger partial charge in [0.05, 0.1) is 0 Å². The summed E-state index contributed by atoms with van der Waals surface area (Å²) in [4.78, 5) is 38.1. The summed E-state index contributed by atoms with van der Waals surface area (Å²) in [5.74, 6) is -0.931. The Morgan fingerprint density at radius 2 is 0.552 bits per heavy atom. The SMILES string of the molecule is CCCC/C=C\C/C=C\CCCCCCCC(=O)OCC(COC(=O)CCCCCCCC/C=C\C/C=C\C/C=C\CCCCCCC)OC(=O)CCCCCCC/C=C\C/C=C\CCCC. The van der Waals surface area contributed by atoms with Crippen molar-refractivity contribution < 1.29 is 28.6 Å². The second-order valence-electron chi connectivity index (χ2n) is 18.5. The molecule has 0 bridgehead atoms. The third-order valence-electron chi connectivity index (χ3n) is 11.8. The molecule has 0 aromatic heterocycles. The molecule has 0 aliphatic rings. The van der Waals surface area contributed by atoms with Gasteiger partial charge in [0.1, 0.15) is 13.2 Å². The molecule has 0 aromatic rings. The van der Waals surface area contributed by atoms with Gasteiger partial charge in [-0.3, -0.25) is 14.4 Å². The molecule has 0 rings (SSSR count). The summed E-state index contributed by atoms with van der Waals surface area (Å²) >= 11 is 0. The van der Waals surface area contributed by atoms with Crippen molar-refractivity contribution in [3.05, 3.63) is 85.1 Å². The van der Waals surface area contributed by atoms with Crippen LogP contribution < -0.4 is 0 Å². The van der Waals surface area contributed by atoms with Crippen LogP contribution in [0.4, 0.5) is 0 Å². The summed E-state index contributed by atoms with van der Waals surface area (Å²) in [5, 5.41) is 0. The first kappa shape index (κ1) is 63.6. The van der Waals surface area contributed by atoms with Crippen LogP contribution in [0, 0.1) is 0 Å². The molecule has 1 unspecified atom stereocenters. The largest absolute Gasteiger partial charge is 0.462 e. The Bertz CT molecular complexity index is 1300. The first-order chi connectivity index (χ1) is 33.0. The number of allylic oxidation sites excluding steroid dienone is 14. The van der Waals surface area contributed by atoms with Crippen LogP contribution in [0.2, 0.25) is 0 Å². The first-order valence-corrected chi connectivity index (χ1v) is 28.1. The van der Waals surface area contributed by atoms with Crippen molar-refractivity contribution in [3.63, 3.8) is 0 Å². The maximum atomic E-state index is 12.8. The third-order valence-corrected chi connectivity index (χ3v) is 11.8. The van der Waals surface area contributed by atoms with Crippen LogP contribution in [0.3, 0.4) is 0 Å². The quantitative estimate of drug-likeness (QED) is 0.0262. The highest BCUT2D eigenvalue weighted by Gasteiger charge is 2.19. The number of carbonyl (C=O) groups is 3. The van der Waals surface area contributed by atoms with Crippen molar-refractivity contribution in [3.8, 4) is 0 Å². The number of hydrogen-bond donors (Lipinski definition) is 0. The summed E-state index contributed by atoms with van der Waals surface area (Å²) < 4.78 is 16.8. The number of rotatable bonds is 50. The van der Waals surface area contributed by atoms with Crippen molar-refractivity contribution in [1.29, 1.82) is 0 Å². The number of hydrogen-bond acceptors (Lipinski definition) is 6. The monoisotopic (exact) mass is 933 g/mol. The summed E-state index contributed by atoms with van der Waals surface area (Å²) in [7, 11) is 0. The summed E-state index contributed by atoms with van der Waals surface area (Å²) in [6.45, 7) is 6.52. The average molecular weight is 933 g/mol. The standard InChI is InChI=1S/C61H104O6/c1-4-7-10-13-16-19-22-25-28-29-30-31-32-33-34-37-39-42-45-48-51-54-60(63)66-57-58(67-61(64)55-52-49-46-43-40-36-27-24-21-18-15-12-9-6-3)56-65-59(62)53-50-47-44-41-38-35-26-23-20-17-14-11-8-5-2/h14-15,17-18,22-27,29-30,32-33,58H,4-13,16,19-21,28,31,34-57H2,1-3H3/b17-14-,18-15-,25-22-,26-23-,27-24-,30-29-,33-32-. The second kappa shape index (κ2) is 55.2. The molecule has 0 fully saturated rings. The Hall–Kier alpha value is -3.41. The van der Waals surface area contributed by atoms with Crippen LogP contribution in [0.25, 0.3) is 0 Å².